The minimum absolute atomic E-state index is 0.00629. The Morgan fingerprint density at radius 2 is 2.03 bits per heavy atom. The number of carbonyl (C=O) groups is 1. The van der Waals surface area contributed by atoms with E-state index in [2.05, 4.69) is 30.9 Å². The molecular weight excluding hydrogens is 483 g/mol. The average molecular weight is 513 g/mol. The van der Waals surface area contributed by atoms with E-state index in [0.29, 0.717) is 47.3 Å². The Balaban J connectivity index is 1.19. The maximum absolute atomic E-state index is 14.7. The summed E-state index contributed by atoms with van der Waals surface area (Å²) in [7, 11) is 1.55. The van der Waals surface area contributed by atoms with Crippen LogP contribution in [-0.2, 0) is 17.9 Å². The number of methoxy groups -OCH3 is 1. The van der Waals surface area contributed by atoms with Gasteiger partial charge >= 0.3 is 0 Å². The number of thioether (sulfide) groups is 1. The second kappa shape index (κ2) is 10.6. The third-order valence-electron chi connectivity index (χ3n) is 6.94. The molecule has 0 unspecified atom stereocenters. The predicted molar refractivity (Wildman–Crippen MR) is 135 cm³/mol. The highest BCUT2D eigenvalue weighted by Crippen LogP contribution is 2.31. The maximum Gasteiger partial charge on any atom is 0.236 e. The number of aromatic nitrogens is 3. The number of carbonyl (C=O) groups excluding carboxylic acids is 1. The highest BCUT2D eigenvalue weighted by Gasteiger charge is 2.34. The van der Waals surface area contributed by atoms with Crippen LogP contribution >= 0.6 is 11.8 Å². The third kappa shape index (κ3) is 5.29. The first-order valence-corrected chi connectivity index (χ1v) is 13.0. The Kier molecular flexibility index (Phi) is 7.33. The van der Waals surface area contributed by atoms with Crippen molar-refractivity contribution in [1.82, 2.24) is 25.6 Å². The van der Waals surface area contributed by atoms with Gasteiger partial charge in [-0.05, 0) is 43.9 Å². The molecule has 0 atom stereocenters. The monoisotopic (exact) mass is 512 g/mol. The van der Waals surface area contributed by atoms with Crippen LogP contribution in [0.1, 0.15) is 36.9 Å². The Bertz CT molecular complexity index is 1270. The van der Waals surface area contributed by atoms with Crippen molar-refractivity contribution in [2.45, 2.75) is 55.4 Å². The fourth-order valence-electron chi connectivity index (χ4n) is 4.77. The van der Waals surface area contributed by atoms with E-state index in [1.165, 1.54) is 17.8 Å². The molecule has 9 nitrogen and oxygen atoms in total. The number of nitrogens with zero attached hydrogens (tertiary/aromatic N) is 3. The van der Waals surface area contributed by atoms with Gasteiger partial charge in [-0.1, -0.05) is 11.8 Å². The van der Waals surface area contributed by atoms with Gasteiger partial charge in [0.1, 0.15) is 10.8 Å². The van der Waals surface area contributed by atoms with Gasteiger partial charge in [0.15, 0.2) is 5.82 Å². The molecule has 1 aliphatic carbocycles. The Hall–Kier alpha value is -2.86. The summed E-state index contributed by atoms with van der Waals surface area (Å²) in [6, 6.07) is 7.05. The van der Waals surface area contributed by atoms with Gasteiger partial charge in [0.2, 0.25) is 11.8 Å². The standard InChI is InChI=1S/C25H29FN6O3S/c1-35-21-5-3-15-2-4-19(26)18(22(15)32-21)12-27-16-6-8-25(14-33,9-7-16)29-11-17-10-28-24-23(30-17)31-20(34)13-36-24/h2-5,10,16,27,29,33H,6-9,11-14H2,1H3,(H,30,31,34). The molecule has 2 aromatic heterocycles. The van der Waals surface area contributed by atoms with Gasteiger partial charge in [0.05, 0.1) is 36.9 Å². The number of fused-ring (bicyclic) bond motifs is 2. The quantitative estimate of drug-likeness (QED) is 0.361. The van der Waals surface area contributed by atoms with Crippen LogP contribution in [0, 0.1) is 5.82 Å². The van der Waals surface area contributed by atoms with Crippen molar-refractivity contribution in [1.29, 1.82) is 0 Å². The number of pyridine rings is 1. The van der Waals surface area contributed by atoms with E-state index in [1.807, 2.05) is 6.07 Å². The number of benzene rings is 1. The molecule has 3 aromatic rings. The number of hydrogen-bond donors (Lipinski definition) is 4. The zero-order valence-corrected chi connectivity index (χ0v) is 20.8. The van der Waals surface area contributed by atoms with Crippen molar-refractivity contribution in [2.75, 3.05) is 24.8 Å². The Labute approximate surface area is 212 Å². The van der Waals surface area contributed by atoms with E-state index in [9.17, 15) is 14.3 Å². The van der Waals surface area contributed by atoms with E-state index in [4.69, 9.17) is 4.74 Å². The van der Waals surface area contributed by atoms with E-state index in [0.717, 1.165) is 36.1 Å². The lowest BCUT2D eigenvalue weighted by molar-refractivity contribution is -0.113. The zero-order chi connectivity index (χ0) is 25.1. The van der Waals surface area contributed by atoms with Crippen LogP contribution in [0.4, 0.5) is 10.2 Å². The first-order chi connectivity index (χ1) is 17.5. The molecule has 1 amide bonds. The van der Waals surface area contributed by atoms with Crippen LogP contribution < -0.4 is 20.7 Å². The SMILES string of the molecule is COc1ccc2ccc(F)c(CNC3CCC(CO)(NCc4cnc5c(n4)NC(=O)CS5)CC3)c2n1. The summed E-state index contributed by atoms with van der Waals surface area (Å²) in [5.41, 5.74) is 1.41. The molecule has 2 aliphatic rings. The molecule has 1 saturated carbocycles. The fourth-order valence-corrected chi connectivity index (χ4v) is 5.47. The number of anilines is 1. The number of aliphatic hydroxyl groups excluding tert-OH is 1. The molecule has 0 bridgehead atoms. The number of rotatable bonds is 8. The summed E-state index contributed by atoms with van der Waals surface area (Å²) in [6.07, 6.45) is 4.89. The highest BCUT2D eigenvalue weighted by atomic mass is 32.2. The van der Waals surface area contributed by atoms with Crippen LogP contribution in [0.3, 0.4) is 0 Å². The molecule has 4 N–H and O–H groups in total. The van der Waals surface area contributed by atoms with Crippen molar-refractivity contribution in [3.05, 3.63) is 47.5 Å². The van der Waals surface area contributed by atoms with Crippen LogP contribution in [0.25, 0.3) is 10.9 Å². The lowest BCUT2D eigenvalue weighted by atomic mass is 9.79. The summed E-state index contributed by atoms with van der Waals surface area (Å²) >= 11 is 1.38. The minimum Gasteiger partial charge on any atom is -0.481 e. The normalized spacial score (nSPS) is 21.8. The van der Waals surface area contributed by atoms with Crippen molar-refractivity contribution >= 4 is 34.4 Å². The molecular formula is C25H29FN6O3S. The Morgan fingerprint density at radius 3 is 2.81 bits per heavy atom. The number of ether oxygens (including phenoxy) is 1. The molecule has 0 spiro atoms. The zero-order valence-electron chi connectivity index (χ0n) is 20.0. The molecule has 0 saturated heterocycles. The number of aliphatic hydroxyl groups is 1. The molecule has 0 radical (unpaired) electrons. The van der Waals surface area contributed by atoms with Crippen LogP contribution in [0.5, 0.6) is 5.88 Å². The molecule has 36 heavy (non-hydrogen) atoms. The summed E-state index contributed by atoms with van der Waals surface area (Å²) < 4.78 is 19.9. The lowest BCUT2D eigenvalue weighted by Gasteiger charge is -2.40. The molecule has 11 heteroatoms. The third-order valence-corrected chi connectivity index (χ3v) is 7.92. The van der Waals surface area contributed by atoms with Gasteiger partial charge in [-0.25, -0.2) is 19.3 Å². The van der Waals surface area contributed by atoms with Crippen LogP contribution in [0.2, 0.25) is 0 Å². The van der Waals surface area contributed by atoms with Gasteiger partial charge < -0.3 is 25.8 Å². The van der Waals surface area contributed by atoms with Crippen molar-refractivity contribution in [3.63, 3.8) is 0 Å². The number of amides is 1. The van der Waals surface area contributed by atoms with Gasteiger partial charge in [0.25, 0.3) is 0 Å². The molecule has 1 aliphatic heterocycles. The number of halogens is 1. The van der Waals surface area contributed by atoms with Gasteiger partial charge in [-0.3, -0.25) is 4.79 Å². The number of nitrogens with one attached hydrogen (secondary N) is 3. The maximum atomic E-state index is 14.7. The van der Waals surface area contributed by atoms with E-state index in [1.54, 1.807) is 25.4 Å². The van der Waals surface area contributed by atoms with Crippen molar-refractivity contribution in [2.24, 2.45) is 0 Å². The second-order valence-electron chi connectivity index (χ2n) is 9.25. The van der Waals surface area contributed by atoms with E-state index < -0.39 is 5.54 Å². The molecule has 1 fully saturated rings. The first kappa shape index (κ1) is 24.8. The topological polar surface area (TPSA) is 121 Å². The average Bonchev–Trinajstić information content (AvgIpc) is 2.91. The van der Waals surface area contributed by atoms with E-state index >= 15 is 0 Å². The highest BCUT2D eigenvalue weighted by molar-refractivity contribution is 8.00. The van der Waals surface area contributed by atoms with Crippen LogP contribution in [0.15, 0.2) is 35.5 Å². The predicted octanol–water partition coefficient (Wildman–Crippen LogP) is 2.77. The minimum atomic E-state index is -0.423. The molecule has 5 rings (SSSR count). The summed E-state index contributed by atoms with van der Waals surface area (Å²) in [4.78, 5) is 25.0. The van der Waals surface area contributed by atoms with Gasteiger partial charge in [-0.15, -0.1) is 0 Å². The summed E-state index contributed by atoms with van der Waals surface area (Å²) in [5, 5.41) is 21.5. The van der Waals surface area contributed by atoms with Crippen molar-refractivity contribution < 1.29 is 19.0 Å². The fraction of sp³-hybridized carbons (Fsp3) is 0.440. The molecule has 1 aromatic carbocycles. The summed E-state index contributed by atoms with van der Waals surface area (Å²) in [5.74, 6) is 0.923. The first-order valence-electron chi connectivity index (χ1n) is 12.0. The number of hydrogen-bond acceptors (Lipinski definition) is 9. The Morgan fingerprint density at radius 1 is 1.22 bits per heavy atom. The van der Waals surface area contributed by atoms with Gasteiger partial charge in [0, 0.05) is 41.7 Å². The van der Waals surface area contributed by atoms with E-state index in [-0.39, 0.29) is 24.4 Å². The molecule has 190 valence electrons. The smallest absolute Gasteiger partial charge is 0.236 e. The largest absolute Gasteiger partial charge is 0.481 e. The lowest BCUT2D eigenvalue weighted by Crippen LogP contribution is -2.53. The van der Waals surface area contributed by atoms with Crippen molar-refractivity contribution in [3.8, 4) is 5.88 Å². The molecule has 3 heterocycles. The second-order valence-corrected chi connectivity index (χ2v) is 10.2. The summed E-state index contributed by atoms with van der Waals surface area (Å²) in [6.45, 7) is 0.808. The van der Waals surface area contributed by atoms with Gasteiger partial charge in [-0.2, -0.15) is 0 Å². The van der Waals surface area contributed by atoms with Crippen LogP contribution in [-0.4, -0.2) is 57.0 Å².